The maximum atomic E-state index is 13.2. The van der Waals surface area contributed by atoms with Crippen LogP contribution < -0.4 is 14.8 Å². The minimum absolute atomic E-state index is 0.00863. The van der Waals surface area contributed by atoms with Crippen LogP contribution in [0.25, 0.3) is 0 Å². The van der Waals surface area contributed by atoms with E-state index in [9.17, 15) is 9.59 Å². The molecule has 1 atom stereocenters. The van der Waals surface area contributed by atoms with Crippen molar-refractivity contribution in [1.82, 2.24) is 10.2 Å². The fourth-order valence-electron chi connectivity index (χ4n) is 3.31. The molecule has 0 aliphatic heterocycles. The molecule has 168 valence electrons. The van der Waals surface area contributed by atoms with Gasteiger partial charge >= 0.3 is 0 Å². The molecule has 0 spiro atoms. The largest absolute Gasteiger partial charge is 0.497 e. The summed E-state index contributed by atoms with van der Waals surface area (Å²) in [7, 11) is 1.61. The second-order valence-corrected chi connectivity index (χ2v) is 8.01. The maximum absolute atomic E-state index is 13.2. The van der Waals surface area contributed by atoms with Crippen molar-refractivity contribution in [3.63, 3.8) is 0 Å². The highest BCUT2D eigenvalue weighted by molar-refractivity contribution is 5.88. The third kappa shape index (κ3) is 7.02. The Hall–Kier alpha value is -3.02. The van der Waals surface area contributed by atoms with Gasteiger partial charge in [0.2, 0.25) is 5.91 Å². The van der Waals surface area contributed by atoms with E-state index in [0.29, 0.717) is 18.7 Å². The summed E-state index contributed by atoms with van der Waals surface area (Å²) < 4.78 is 11.1. The predicted molar refractivity (Wildman–Crippen MR) is 122 cm³/mol. The van der Waals surface area contributed by atoms with Crippen LogP contribution in [0.5, 0.6) is 11.5 Å². The molecule has 0 heterocycles. The molecule has 2 rings (SSSR count). The summed E-state index contributed by atoms with van der Waals surface area (Å²) in [5, 5.41) is 2.93. The number of benzene rings is 2. The first-order valence-corrected chi connectivity index (χ1v) is 10.7. The number of ether oxygens (including phenoxy) is 2. The molecule has 0 saturated carbocycles. The van der Waals surface area contributed by atoms with Crippen molar-refractivity contribution >= 4 is 11.8 Å². The molecule has 0 unspecified atom stereocenters. The lowest BCUT2D eigenvalue weighted by atomic mass is 10.1. The molecule has 0 fully saturated rings. The summed E-state index contributed by atoms with van der Waals surface area (Å²) in [6.07, 6.45) is 0.504. The molecular formula is C25H34N2O4. The summed E-state index contributed by atoms with van der Waals surface area (Å²) in [4.78, 5) is 27.7. The first-order valence-electron chi connectivity index (χ1n) is 10.7. The van der Waals surface area contributed by atoms with Crippen LogP contribution in [0, 0.1) is 13.8 Å². The van der Waals surface area contributed by atoms with E-state index in [2.05, 4.69) is 5.32 Å². The fourth-order valence-corrected chi connectivity index (χ4v) is 3.31. The van der Waals surface area contributed by atoms with Crippen LogP contribution in [-0.2, 0) is 16.1 Å². The van der Waals surface area contributed by atoms with Crippen molar-refractivity contribution in [2.45, 2.75) is 59.7 Å². The third-order valence-corrected chi connectivity index (χ3v) is 5.02. The lowest BCUT2D eigenvalue weighted by Crippen LogP contribution is -2.51. The zero-order chi connectivity index (χ0) is 23.0. The SMILES string of the molecule is CC[C@@H](C(=O)NC(C)C)N(Cc1ccc(OC)cc1)C(=O)COc1cc(C)ccc1C. The highest BCUT2D eigenvalue weighted by atomic mass is 16.5. The van der Waals surface area contributed by atoms with E-state index >= 15 is 0 Å². The van der Waals surface area contributed by atoms with E-state index in [1.165, 1.54) is 0 Å². The first-order chi connectivity index (χ1) is 14.7. The van der Waals surface area contributed by atoms with Gasteiger partial charge in [-0.1, -0.05) is 31.2 Å². The summed E-state index contributed by atoms with van der Waals surface area (Å²) in [5.41, 5.74) is 2.94. The lowest BCUT2D eigenvalue weighted by molar-refractivity contribution is -0.143. The number of amides is 2. The van der Waals surface area contributed by atoms with Crippen LogP contribution in [0.2, 0.25) is 0 Å². The Balaban J connectivity index is 2.24. The zero-order valence-corrected chi connectivity index (χ0v) is 19.4. The normalized spacial score (nSPS) is 11.7. The van der Waals surface area contributed by atoms with Gasteiger partial charge in [-0.3, -0.25) is 9.59 Å². The smallest absolute Gasteiger partial charge is 0.261 e. The van der Waals surface area contributed by atoms with E-state index < -0.39 is 6.04 Å². The Morgan fingerprint density at radius 3 is 2.32 bits per heavy atom. The monoisotopic (exact) mass is 426 g/mol. The second kappa shape index (κ2) is 11.4. The molecule has 2 aromatic rings. The maximum Gasteiger partial charge on any atom is 0.261 e. The number of carbonyl (C=O) groups is 2. The van der Waals surface area contributed by atoms with Crippen LogP contribution in [0.1, 0.15) is 43.9 Å². The minimum Gasteiger partial charge on any atom is -0.497 e. The van der Waals surface area contributed by atoms with Gasteiger partial charge in [0, 0.05) is 12.6 Å². The van der Waals surface area contributed by atoms with Gasteiger partial charge in [0.1, 0.15) is 17.5 Å². The molecule has 0 radical (unpaired) electrons. The van der Waals surface area contributed by atoms with Crippen molar-refractivity contribution in [3.8, 4) is 11.5 Å². The molecule has 0 aliphatic carbocycles. The summed E-state index contributed by atoms with van der Waals surface area (Å²) in [5.74, 6) is 1.02. The van der Waals surface area contributed by atoms with Crippen LogP contribution in [0.15, 0.2) is 42.5 Å². The predicted octanol–water partition coefficient (Wildman–Crippen LogP) is 4.02. The summed E-state index contributed by atoms with van der Waals surface area (Å²) in [6.45, 7) is 9.82. The van der Waals surface area contributed by atoms with Crippen molar-refractivity contribution < 1.29 is 19.1 Å². The average Bonchev–Trinajstić information content (AvgIpc) is 2.74. The van der Waals surface area contributed by atoms with Gasteiger partial charge in [-0.2, -0.15) is 0 Å². The first kappa shape index (κ1) is 24.3. The number of methoxy groups -OCH3 is 1. The van der Waals surface area contributed by atoms with E-state index in [-0.39, 0.29) is 24.5 Å². The summed E-state index contributed by atoms with van der Waals surface area (Å²) >= 11 is 0. The number of nitrogens with one attached hydrogen (secondary N) is 1. The number of aryl methyl sites for hydroxylation is 2. The number of nitrogens with zero attached hydrogens (tertiary/aromatic N) is 1. The fraction of sp³-hybridized carbons (Fsp3) is 0.440. The van der Waals surface area contributed by atoms with Gasteiger partial charge in [-0.25, -0.2) is 0 Å². The third-order valence-electron chi connectivity index (χ3n) is 5.02. The Kier molecular flexibility index (Phi) is 8.91. The van der Waals surface area contributed by atoms with Gasteiger partial charge in [-0.15, -0.1) is 0 Å². The van der Waals surface area contributed by atoms with Gasteiger partial charge in [-0.05, 0) is 69.0 Å². The van der Waals surface area contributed by atoms with Gasteiger partial charge in [0.15, 0.2) is 6.61 Å². The van der Waals surface area contributed by atoms with Crippen molar-refractivity contribution in [1.29, 1.82) is 0 Å². The quantitative estimate of drug-likeness (QED) is 0.623. The molecule has 0 bridgehead atoms. The minimum atomic E-state index is -0.584. The highest BCUT2D eigenvalue weighted by Gasteiger charge is 2.29. The molecule has 2 amide bonds. The van der Waals surface area contributed by atoms with E-state index in [0.717, 1.165) is 22.4 Å². The van der Waals surface area contributed by atoms with Crippen molar-refractivity contribution in [2.75, 3.05) is 13.7 Å². The van der Waals surface area contributed by atoms with E-state index in [4.69, 9.17) is 9.47 Å². The van der Waals surface area contributed by atoms with Crippen LogP contribution in [0.3, 0.4) is 0 Å². The summed E-state index contributed by atoms with van der Waals surface area (Å²) in [6, 6.07) is 12.8. The standard InChI is InChI=1S/C25H34N2O4/c1-7-22(25(29)26-17(2)3)27(15-20-10-12-21(30-6)13-11-20)24(28)16-31-23-14-18(4)8-9-19(23)5/h8-14,17,22H,7,15-16H2,1-6H3,(H,26,29)/t22-/m0/s1. The Bertz CT molecular complexity index is 878. The lowest BCUT2D eigenvalue weighted by Gasteiger charge is -2.31. The zero-order valence-electron chi connectivity index (χ0n) is 19.4. The number of hydrogen-bond acceptors (Lipinski definition) is 4. The van der Waals surface area contributed by atoms with E-state index in [1.54, 1.807) is 12.0 Å². The molecule has 6 heteroatoms. The Morgan fingerprint density at radius 2 is 1.74 bits per heavy atom. The molecule has 2 aromatic carbocycles. The van der Waals surface area contributed by atoms with Crippen LogP contribution >= 0.6 is 0 Å². The number of hydrogen-bond donors (Lipinski definition) is 1. The van der Waals surface area contributed by atoms with Gasteiger partial charge in [0.25, 0.3) is 5.91 Å². The topological polar surface area (TPSA) is 67.9 Å². The molecule has 0 saturated heterocycles. The van der Waals surface area contributed by atoms with E-state index in [1.807, 2.05) is 77.1 Å². The highest BCUT2D eigenvalue weighted by Crippen LogP contribution is 2.20. The number of rotatable bonds is 10. The van der Waals surface area contributed by atoms with Gasteiger partial charge in [0.05, 0.1) is 7.11 Å². The molecule has 31 heavy (non-hydrogen) atoms. The molecule has 0 aliphatic rings. The van der Waals surface area contributed by atoms with Crippen molar-refractivity contribution in [3.05, 3.63) is 59.2 Å². The van der Waals surface area contributed by atoms with Crippen LogP contribution in [-0.4, -0.2) is 42.5 Å². The number of carbonyl (C=O) groups excluding carboxylic acids is 2. The molecular weight excluding hydrogens is 392 g/mol. The molecule has 6 nitrogen and oxygen atoms in total. The molecule has 1 N–H and O–H groups in total. The Labute approximate surface area is 185 Å². The average molecular weight is 427 g/mol. The molecule has 0 aromatic heterocycles. The van der Waals surface area contributed by atoms with Crippen molar-refractivity contribution in [2.24, 2.45) is 0 Å². The Morgan fingerprint density at radius 1 is 1.06 bits per heavy atom. The van der Waals surface area contributed by atoms with Gasteiger partial charge < -0.3 is 19.7 Å². The van der Waals surface area contributed by atoms with Crippen LogP contribution in [0.4, 0.5) is 0 Å². The second-order valence-electron chi connectivity index (χ2n) is 8.01.